The van der Waals surface area contributed by atoms with Gasteiger partial charge in [0.15, 0.2) is 0 Å². The molecule has 3 aliphatic carbocycles. The van der Waals surface area contributed by atoms with Crippen LogP contribution < -0.4 is 0 Å². The van der Waals surface area contributed by atoms with Crippen LogP contribution >= 0.6 is 0 Å². The summed E-state index contributed by atoms with van der Waals surface area (Å²) in [6, 6.07) is 18.5. The Kier molecular flexibility index (Phi) is 4.38. The van der Waals surface area contributed by atoms with Gasteiger partial charge in [-0.1, -0.05) is 81.0 Å². The summed E-state index contributed by atoms with van der Waals surface area (Å²) in [5.41, 5.74) is 9.02. The molecule has 0 N–H and O–H groups in total. The number of pyridine rings is 1. The van der Waals surface area contributed by atoms with Crippen molar-refractivity contribution in [3.63, 3.8) is 0 Å². The van der Waals surface area contributed by atoms with Crippen LogP contribution in [0.2, 0.25) is 0 Å². The molecule has 1 heteroatoms. The average Bonchev–Trinajstić information content (AvgIpc) is 3.19. The van der Waals surface area contributed by atoms with Crippen molar-refractivity contribution in [1.29, 1.82) is 0 Å². The third-order valence-corrected chi connectivity index (χ3v) is 8.62. The molecule has 0 spiro atoms. The Morgan fingerprint density at radius 1 is 0.594 bits per heavy atom. The highest BCUT2D eigenvalue weighted by Gasteiger charge is 2.35. The van der Waals surface area contributed by atoms with E-state index in [4.69, 9.17) is 4.98 Å². The Morgan fingerprint density at radius 2 is 1.22 bits per heavy atom. The van der Waals surface area contributed by atoms with Crippen molar-refractivity contribution < 1.29 is 0 Å². The third-order valence-electron chi connectivity index (χ3n) is 8.62. The zero-order valence-electron chi connectivity index (χ0n) is 18.9. The van der Waals surface area contributed by atoms with Gasteiger partial charge < -0.3 is 0 Å². The minimum atomic E-state index is 0.661. The van der Waals surface area contributed by atoms with Crippen molar-refractivity contribution in [3.05, 3.63) is 65.9 Å². The molecular weight excluding hydrogens is 386 g/mol. The smallest absolute Gasteiger partial charge is 0.0795 e. The number of hydrogen-bond acceptors (Lipinski definition) is 1. The number of benzene rings is 3. The predicted octanol–water partition coefficient (Wildman–Crippen LogP) is 9.13. The lowest BCUT2D eigenvalue weighted by Crippen LogP contribution is -2.11. The number of fused-ring (bicyclic) bond motifs is 4. The first kappa shape index (κ1) is 18.9. The molecule has 2 fully saturated rings. The molecular formula is C31H31N. The lowest BCUT2D eigenvalue weighted by atomic mass is 9.73. The zero-order valence-corrected chi connectivity index (χ0v) is 18.9. The maximum atomic E-state index is 5.07. The SMILES string of the molecule is c1cc2c3c(nccc3c1)-c1c-2c(C2CCCCC2)c2ccccc2c1C1CCCCC1. The molecule has 3 aromatic carbocycles. The Balaban J connectivity index is 1.64. The van der Waals surface area contributed by atoms with Gasteiger partial charge in [0.2, 0.25) is 0 Å². The van der Waals surface area contributed by atoms with E-state index in [1.165, 1.54) is 103 Å². The highest BCUT2D eigenvalue weighted by atomic mass is 14.7. The third kappa shape index (κ3) is 2.66. The van der Waals surface area contributed by atoms with E-state index < -0.39 is 0 Å². The number of rotatable bonds is 2. The van der Waals surface area contributed by atoms with Crippen LogP contribution in [0.4, 0.5) is 0 Å². The molecule has 1 nitrogen and oxygen atoms in total. The summed E-state index contributed by atoms with van der Waals surface area (Å²) >= 11 is 0. The monoisotopic (exact) mass is 417 g/mol. The van der Waals surface area contributed by atoms with Crippen molar-refractivity contribution in [2.45, 2.75) is 76.0 Å². The molecule has 0 bridgehead atoms. The fourth-order valence-corrected chi connectivity index (χ4v) is 7.28. The van der Waals surface area contributed by atoms with Gasteiger partial charge in [0.05, 0.1) is 5.69 Å². The van der Waals surface area contributed by atoms with Crippen LogP contribution in [-0.2, 0) is 0 Å². The quantitative estimate of drug-likeness (QED) is 0.279. The van der Waals surface area contributed by atoms with Gasteiger partial charge >= 0.3 is 0 Å². The van der Waals surface area contributed by atoms with Gasteiger partial charge in [-0.3, -0.25) is 4.98 Å². The molecule has 0 saturated heterocycles. The predicted molar refractivity (Wildman–Crippen MR) is 135 cm³/mol. The second-order valence-corrected chi connectivity index (χ2v) is 10.4. The summed E-state index contributed by atoms with van der Waals surface area (Å²) in [6.45, 7) is 0. The van der Waals surface area contributed by atoms with Crippen LogP contribution in [0.15, 0.2) is 54.7 Å². The fraction of sp³-hybridized carbons (Fsp3) is 0.387. The number of aromatic nitrogens is 1. The summed E-state index contributed by atoms with van der Waals surface area (Å²) in [5.74, 6) is 1.33. The maximum absolute atomic E-state index is 5.07. The number of hydrogen-bond donors (Lipinski definition) is 0. The number of nitrogens with zero attached hydrogens (tertiary/aromatic N) is 1. The zero-order chi connectivity index (χ0) is 21.1. The second kappa shape index (κ2) is 7.44. The fourth-order valence-electron chi connectivity index (χ4n) is 7.28. The molecule has 0 atom stereocenters. The van der Waals surface area contributed by atoms with Crippen molar-refractivity contribution in [1.82, 2.24) is 4.98 Å². The summed E-state index contributed by atoms with van der Waals surface area (Å²) in [6.07, 6.45) is 15.6. The highest BCUT2D eigenvalue weighted by molar-refractivity contribution is 6.19. The highest BCUT2D eigenvalue weighted by Crippen LogP contribution is 2.57. The van der Waals surface area contributed by atoms with Crippen LogP contribution in [0, 0.1) is 0 Å². The first-order valence-electron chi connectivity index (χ1n) is 12.9. The van der Waals surface area contributed by atoms with Crippen LogP contribution in [-0.4, -0.2) is 4.98 Å². The molecule has 0 aliphatic heterocycles. The summed E-state index contributed by atoms with van der Waals surface area (Å²) in [7, 11) is 0. The van der Waals surface area contributed by atoms with Gasteiger partial charge in [-0.05, 0) is 82.0 Å². The van der Waals surface area contributed by atoms with E-state index in [1.807, 2.05) is 6.20 Å². The van der Waals surface area contributed by atoms with Crippen LogP contribution in [0.1, 0.15) is 87.2 Å². The Morgan fingerprint density at radius 3 is 1.88 bits per heavy atom. The minimum absolute atomic E-state index is 0.661. The van der Waals surface area contributed by atoms with E-state index in [0.717, 1.165) is 0 Å². The summed E-state index contributed by atoms with van der Waals surface area (Å²) in [5, 5.41) is 5.79. The Bertz CT molecular complexity index is 1240. The average molecular weight is 418 g/mol. The molecule has 7 rings (SSSR count). The van der Waals surface area contributed by atoms with Gasteiger partial charge in [-0.25, -0.2) is 0 Å². The van der Waals surface area contributed by atoms with Crippen LogP contribution in [0.25, 0.3) is 43.9 Å². The molecule has 160 valence electrons. The lowest BCUT2D eigenvalue weighted by molar-refractivity contribution is 0.443. The van der Waals surface area contributed by atoms with Gasteiger partial charge in [0.1, 0.15) is 0 Å². The molecule has 0 unspecified atom stereocenters. The summed E-state index contributed by atoms with van der Waals surface area (Å²) in [4.78, 5) is 5.07. The molecule has 4 aromatic rings. The van der Waals surface area contributed by atoms with Gasteiger partial charge in [-0.2, -0.15) is 0 Å². The molecule has 0 amide bonds. The molecule has 32 heavy (non-hydrogen) atoms. The molecule has 1 heterocycles. The van der Waals surface area contributed by atoms with E-state index in [1.54, 1.807) is 16.7 Å². The van der Waals surface area contributed by atoms with E-state index in [-0.39, 0.29) is 0 Å². The summed E-state index contributed by atoms with van der Waals surface area (Å²) < 4.78 is 0. The first-order valence-corrected chi connectivity index (χ1v) is 12.9. The topological polar surface area (TPSA) is 12.9 Å². The van der Waals surface area contributed by atoms with Crippen LogP contribution in [0.5, 0.6) is 0 Å². The maximum Gasteiger partial charge on any atom is 0.0795 e. The molecule has 0 radical (unpaired) electrons. The van der Waals surface area contributed by atoms with Crippen molar-refractivity contribution in [2.24, 2.45) is 0 Å². The van der Waals surface area contributed by atoms with E-state index in [9.17, 15) is 0 Å². The van der Waals surface area contributed by atoms with E-state index in [0.29, 0.717) is 11.8 Å². The first-order chi connectivity index (χ1) is 15.9. The van der Waals surface area contributed by atoms with Gasteiger partial charge in [0, 0.05) is 17.1 Å². The molecule has 2 saturated carbocycles. The standard InChI is InChI=1S/C31H31N/c1-3-10-20(11-4-1)26-23-15-7-8-16-24(23)27(21-12-5-2-6-13-21)30-29(26)25-17-9-14-22-18-19-32-31(30)28(22)25/h7-9,14-21H,1-6,10-13H2. The second-order valence-electron chi connectivity index (χ2n) is 10.4. The van der Waals surface area contributed by atoms with E-state index >= 15 is 0 Å². The van der Waals surface area contributed by atoms with Crippen LogP contribution in [0.3, 0.4) is 0 Å². The largest absolute Gasteiger partial charge is 0.256 e. The minimum Gasteiger partial charge on any atom is -0.256 e. The van der Waals surface area contributed by atoms with Crippen molar-refractivity contribution in [2.75, 3.05) is 0 Å². The van der Waals surface area contributed by atoms with Gasteiger partial charge in [0.25, 0.3) is 0 Å². The van der Waals surface area contributed by atoms with Gasteiger partial charge in [-0.15, -0.1) is 0 Å². The normalized spacial score (nSPS) is 19.0. The Hall–Kier alpha value is -2.67. The Labute approximate surface area is 190 Å². The molecule has 1 aromatic heterocycles. The van der Waals surface area contributed by atoms with E-state index in [2.05, 4.69) is 48.5 Å². The van der Waals surface area contributed by atoms with Crippen molar-refractivity contribution in [3.8, 4) is 22.4 Å². The lowest BCUT2D eigenvalue weighted by Gasteiger charge is -2.31. The van der Waals surface area contributed by atoms with Crippen molar-refractivity contribution >= 4 is 21.5 Å². The molecule has 3 aliphatic rings.